The number of aliphatic imine (C=N–C) groups is 1. The quantitative estimate of drug-likeness (QED) is 0.845. The Balaban J connectivity index is 1.61. The molecule has 0 saturated carbocycles. The minimum Gasteiger partial charge on any atom is -0.495 e. The van der Waals surface area contributed by atoms with Crippen LogP contribution in [-0.4, -0.2) is 47.3 Å². The number of amides is 2. The third-order valence-electron chi connectivity index (χ3n) is 4.48. The number of benzene rings is 1. The first kappa shape index (κ1) is 19.0. The topological polar surface area (TPSA) is 71.0 Å². The first-order valence-corrected chi connectivity index (χ1v) is 9.92. The molecule has 0 bridgehead atoms. The molecule has 1 aromatic carbocycles. The summed E-state index contributed by atoms with van der Waals surface area (Å²) in [4.78, 5) is 30.9. The van der Waals surface area contributed by atoms with Crippen molar-refractivity contribution in [2.24, 2.45) is 4.99 Å². The molecule has 3 rings (SSSR count). The van der Waals surface area contributed by atoms with Gasteiger partial charge in [-0.2, -0.15) is 4.99 Å². The molecule has 140 valence electrons. The lowest BCUT2D eigenvalue weighted by Crippen LogP contribution is -2.33. The van der Waals surface area contributed by atoms with E-state index in [2.05, 4.69) is 15.2 Å². The van der Waals surface area contributed by atoms with E-state index in [1.54, 1.807) is 12.1 Å². The lowest BCUT2D eigenvalue weighted by molar-refractivity contribution is -0.121. The molecule has 2 heterocycles. The molecule has 1 fully saturated rings. The van der Waals surface area contributed by atoms with Gasteiger partial charge in [-0.15, -0.1) is 0 Å². The first-order chi connectivity index (χ1) is 12.5. The number of anilines is 1. The fourth-order valence-corrected chi connectivity index (χ4v) is 4.30. The number of nitrogens with zero attached hydrogens (tertiary/aromatic N) is 2. The third-order valence-corrected chi connectivity index (χ3v) is 6.10. The van der Waals surface area contributed by atoms with E-state index in [-0.39, 0.29) is 18.2 Å². The van der Waals surface area contributed by atoms with E-state index >= 15 is 0 Å². The summed E-state index contributed by atoms with van der Waals surface area (Å²) in [5.41, 5.74) is 1.39. The highest BCUT2D eigenvalue weighted by Crippen LogP contribution is 2.32. The molecular formula is C18H22ClN3O3S. The van der Waals surface area contributed by atoms with Gasteiger partial charge in [0, 0.05) is 30.6 Å². The zero-order chi connectivity index (χ0) is 18.7. The zero-order valence-electron chi connectivity index (χ0n) is 14.9. The number of hydrogen-bond acceptors (Lipinski definition) is 5. The van der Waals surface area contributed by atoms with Crippen molar-refractivity contribution in [3.63, 3.8) is 0 Å². The first-order valence-electron chi connectivity index (χ1n) is 8.66. The molecule has 0 aliphatic carbocycles. The number of aryl methyl sites for hydroxylation is 1. The molecule has 8 heteroatoms. The van der Waals surface area contributed by atoms with Gasteiger partial charge >= 0.3 is 0 Å². The van der Waals surface area contributed by atoms with Gasteiger partial charge in [-0.3, -0.25) is 9.59 Å². The zero-order valence-corrected chi connectivity index (χ0v) is 16.5. The second-order valence-electron chi connectivity index (χ2n) is 6.44. The lowest BCUT2D eigenvalue weighted by atomic mass is 10.1. The van der Waals surface area contributed by atoms with E-state index in [1.165, 1.54) is 25.3 Å². The number of nitrogens with one attached hydrogen (secondary N) is 1. The minimum atomic E-state index is -0.466. The highest BCUT2D eigenvalue weighted by molar-refractivity contribution is 8.15. The Morgan fingerprint density at radius 1 is 1.38 bits per heavy atom. The monoisotopic (exact) mass is 395 g/mol. The fourth-order valence-electron chi connectivity index (χ4n) is 3.03. The van der Waals surface area contributed by atoms with E-state index in [0.717, 1.165) is 36.7 Å². The summed E-state index contributed by atoms with van der Waals surface area (Å²) in [5.74, 6) is 0.0144. The second kappa shape index (κ2) is 8.31. The number of likely N-dealkylation sites (tertiary alicyclic amines) is 1. The Bertz CT molecular complexity index is 747. The molecule has 1 saturated heterocycles. The largest absolute Gasteiger partial charge is 0.495 e. The van der Waals surface area contributed by atoms with Crippen molar-refractivity contribution >= 4 is 46.0 Å². The Morgan fingerprint density at radius 2 is 2.12 bits per heavy atom. The number of hydrogen-bond donors (Lipinski definition) is 1. The molecule has 1 atom stereocenters. The van der Waals surface area contributed by atoms with Gasteiger partial charge in [0.1, 0.15) is 11.0 Å². The average molecular weight is 396 g/mol. The molecule has 1 aromatic rings. The summed E-state index contributed by atoms with van der Waals surface area (Å²) in [5, 5.41) is 3.68. The molecular weight excluding hydrogens is 374 g/mol. The Hall–Kier alpha value is -1.73. The maximum absolute atomic E-state index is 12.4. The predicted octanol–water partition coefficient (Wildman–Crippen LogP) is 3.47. The van der Waals surface area contributed by atoms with Gasteiger partial charge in [0.25, 0.3) is 5.91 Å². The summed E-state index contributed by atoms with van der Waals surface area (Å²) < 4.78 is 5.27. The number of methoxy groups -OCH3 is 1. The van der Waals surface area contributed by atoms with Gasteiger partial charge in [-0.05, 0) is 37.8 Å². The lowest BCUT2D eigenvalue weighted by Gasteiger charge is -2.27. The molecule has 2 aliphatic heterocycles. The van der Waals surface area contributed by atoms with Crippen molar-refractivity contribution < 1.29 is 14.3 Å². The van der Waals surface area contributed by atoms with E-state index < -0.39 is 5.25 Å². The van der Waals surface area contributed by atoms with E-state index in [4.69, 9.17) is 16.3 Å². The minimum absolute atomic E-state index is 0.0785. The maximum Gasteiger partial charge on any atom is 0.262 e. The summed E-state index contributed by atoms with van der Waals surface area (Å²) in [6.45, 7) is 3.71. The Labute approximate surface area is 162 Å². The summed E-state index contributed by atoms with van der Waals surface area (Å²) in [7, 11) is 1.52. The number of carbonyl (C=O) groups excluding carboxylic acids is 2. The van der Waals surface area contributed by atoms with Gasteiger partial charge in [-0.1, -0.05) is 23.4 Å². The Morgan fingerprint density at radius 3 is 2.81 bits per heavy atom. The molecule has 0 spiro atoms. The second-order valence-corrected chi connectivity index (χ2v) is 8.02. The smallest absolute Gasteiger partial charge is 0.262 e. The number of halogens is 1. The predicted molar refractivity (Wildman–Crippen MR) is 105 cm³/mol. The van der Waals surface area contributed by atoms with E-state index in [1.807, 2.05) is 6.92 Å². The van der Waals surface area contributed by atoms with Crippen LogP contribution in [0.5, 0.6) is 5.75 Å². The molecule has 2 amide bonds. The Kier molecular flexibility index (Phi) is 6.09. The SMILES string of the molecule is COc1cc(Cl)c(C)cc1NC(=O)C[C@H]1SC(N2CCCCC2)=NC1=O. The summed E-state index contributed by atoms with van der Waals surface area (Å²) >= 11 is 7.48. The van der Waals surface area contributed by atoms with Crippen molar-refractivity contribution in [1.82, 2.24) is 4.90 Å². The fraction of sp³-hybridized carbons (Fsp3) is 0.500. The van der Waals surface area contributed by atoms with Gasteiger partial charge in [0.05, 0.1) is 12.8 Å². The van der Waals surface area contributed by atoms with Gasteiger partial charge in [-0.25, -0.2) is 0 Å². The van der Waals surface area contributed by atoms with Crippen LogP contribution in [0.25, 0.3) is 0 Å². The number of carbonyl (C=O) groups is 2. The number of piperidine rings is 1. The van der Waals surface area contributed by atoms with E-state index in [9.17, 15) is 9.59 Å². The molecule has 26 heavy (non-hydrogen) atoms. The number of rotatable bonds is 4. The van der Waals surface area contributed by atoms with Crippen LogP contribution >= 0.6 is 23.4 Å². The van der Waals surface area contributed by atoms with Crippen molar-refractivity contribution in [2.75, 3.05) is 25.5 Å². The van der Waals surface area contributed by atoms with Crippen LogP contribution < -0.4 is 10.1 Å². The molecule has 0 unspecified atom stereocenters. The summed E-state index contributed by atoms with van der Waals surface area (Å²) in [6.07, 6.45) is 3.54. The molecule has 1 N–H and O–H groups in total. The molecule has 2 aliphatic rings. The highest BCUT2D eigenvalue weighted by Gasteiger charge is 2.33. The van der Waals surface area contributed by atoms with Crippen LogP contribution in [0, 0.1) is 6.92 Å². The average Bonchev–Trinajstić information content (AvgIpc) is 2.99. The number of thioether (sulfide) groups is 1. The standard InChI is InChI=1S/C18H22ClN3O3S/c1-11-8-13(14(25-2)9-12(11)19)20-16(23)10-15-17(24)21-18(26-15)22-6-4-3-5-7-22/h8-9,15H,3-7,10H2,1-2H3,(H,20,23)/t15-/m1/s1. The van der Waals surface area contributed by atoms with Crippen LogP contribution in [0.2, 0.25) is 5.02 Å². The normalized spacial score (nSPS) is 20.1. The van der Waals surface area contributed by atoms with Gasteiger partial charge in [0.15, 0.2) is 5.17 Å². The van der Waals surface area contributed by atoms with Crippen molar-refractivity contribution in [3.8, 4) is 5.75 Å². The van der Waals surface area contributed by atoms with Gasteiger partial charge < -0.3 is 15.0 Å². The van der Waals surface area contributed by atoms with Crippen LogP contribution in [-0.2, 0) is 9.59 Å². The molecule has 0 radical (unpaired) electrons. The summed E-state index contributed by atoms with van der Waals surface area (Å²) in [6, 6.07) is 3.43. The van der Waals surface area contributed by atoms with Crippen molar-refractivity contribution in [2.45, 2.75) is 37.9 Å². The molecule has 0 aromatic heterocycles. The van der Waals surface area contributed by atoms with Crippen molar-refractivity contribution in [1.29, 1.82) is 0 Å². The van der Waals surface area contributed by atoms with Gasteiger partial charge in [0.2, 0.25) is 5.91 Å². The molecule has 6 nitrogen and oxygen atoms in total. The van der Waals surface area contributed by atoms with Crippen LogP contribution in [0.15, 0.2) is 17.1 Å². The van der Waals surface area contributed by atoms with Crippen LogP contribution in [0.4, 0.5) is 5.69 Å². The van der Waals surface area contributed by atoms with Crippen LogP contribution in [0.1, 0.15) is 31.2 Å². The third kappa shape index (κ3) is 4.32. The number of amidine groups is 1. The maximum atomic E-state index is 12.4. The van der Waals surface area contributed by atoms with Crippen LogP contribution in [0.3, 0.4) is 0 Å². The van der Waals surface area contributed by atoms with Crippen molar-refractivity contribution in [3.05, 3.63) is 22.7 Å². The number of ether oxygens (including phenoxy) is 1. The highest BCUT2D eigenvalue weighted by atomic mass is 35.5. The van der Waals surface area contributed by atoms with E-state index in [0.29, 0.717) is 16.5 Å².